The van der Waals surface area contributed by atoms with Crippen molar-refractivity contribution >= 4 is 49.2 Å². The highest BCUT2D eigenvalue weighted by Crippen LogP contribution is 2.47. The molecule has 102 valence electrons. The second kappa shape index (κ2) is 3.41. The molecule has 5 aromatic rings. The Balaban J connectivity index is 1.93. The lowest BCUT2D eigenvalue weighted by atomic mass is 9.84. The van der Waals surface area contributed by atoms with Gasteiger partial charge in [-0.15, -0.1) is 0 Å². The van der Waals surface area contributed by atoms with Gasteiger partial charge in [0, 0.05) is 0 Å². The number of benzene rings is 4. The van der Waals surface area contributed by atoms with E-state index in [0.29, 0.717) is 0 Å². The van der Waals surface area contributed by atoms with E-state index in [0.717, 1.165) is 6.42 Å². The quantitative estimate of drug-likeness (QED) is 0.299. The Morgan fingerprint density at radius 1 is 0.727 bits per heavy atom. The molecule has 0 amide bonds. The van der Waals surface area contributed by atoms with Crippen molar-refractivity contribution in [1.82, 2.24) is 0 Å². The Kier molecular flexibility index (Phi) is 1.71. The van der Waals surface area contributed by atoms with Crippen LogP contribution in [0.4, 0.5) is 0 Å². The standard InChI is InChI=1S/C22H14/c1-12-9-17-18(10-12)22-16-8-7-14-4-2-3-13-5-6-15(11-19(17)22)21(16)20(13)14/h2-9,11H,10H2,1H3. The Morgan fingerprint density at radius 3 is 2.36 bits per heavy atom. The Bertz CT molecular complexity index is 1220. The van der Waals surface area contributed by atoms with Gasteiger partial charge in [0.1, 0.15) is 0 Å². The van der Waals surface area contributed by atoms with Crippen LogP contribution in [0.3, 0.4) is 0 Å². The summed E-state index contributed by atoms with van der Waals surface area (Å²) in [6, 6.07) is 18.2. The van der Waals surface area contributed by atoms with E-state index < -0.39 is 0 Å². The van der Waals surface area contributed by atoms with Crippen molar-refractivity contribution in [2.45, 2.75) is 13.3 Å². The van der Waals surface area contributed by atoms with Crippen LogP contribution in [-0.2, 0) is 6.42 Å². The first-order chi connectivity index (χ1) is 10.8. The molecule has 0 N–H and O–H groups in total. The summed E-state index contributed by atoms with van der Waals surface area (Å²) in [7, 11) is 0. The smallest absolute Gasteiger partial charge is 0.00202 e. The number of fused-ring (bicyclic) bond motifs is 5. The topological polar surface area (TPSA) is 0 Å². The Hall–Kier alpha value is -2.60. The van der Waals surface area contributed by atoms with Crippen LogP contribution in [0.2, 0.25) is 0 Å². The zero-order valence-electron chi connectivity index (χ0n) is 12.4. The predicted octanol–water partition coefficient (Wildman–Crippen LogP) is 6.13. The zero-order valence-corrected chi connectivity index (χ0v) is 12.4. The summed E-state index contributed by atoms with van der Waals surface area (Å²) in [5.41, 5.74) is 4.53. The molecule has 22 heavy (non-hydrogen) atoms. The minimum Gasteiger partial charge on any atom is -0.0683 e. The molecular formula is C22H14. The second-order valence-corrected chi connectivity index (χ2v) is 6.71. The summed E-state index contributed by atoms with van der Waals surface area (Å²) in [4.78, 5) is 0. The molecule has 1 aliphatic carbocycles. The van der Waals surface area contributed by atoms with Crippen molar-refractivity contribution in [2.75, 3.05) is 0 Å². The van der Waals surface area contributed by atoms with Crippen LogP contribution in [0, 0.1) is 0 Å². The van der Waals surface area contributed by atoms with E-state index in [1.165, 1.54) is 54.2 Å². The Morgan fingerprint density at radius 2 is 1.50 bits per heavy atom. The maximum Gasteiger partial charge on any atom is -0.00202 e. The van der Waals surface area contributed by atoms with E-state index >= 15 is 0 Å². The van der Waals surface area contributed by atoms with E-state index in [2.05, 4.69) is 61.5 Å². The lowest BCUT2D eigenvalue weighted by Gasteiger charge is -2.19. The maximum atomic E-state index is 2.40. The third-order valence-electron chi connectivity index (χ3n) is 5.41. The van der Waals surface area contributed by atoms with Gasteiger partial charge in [0.25, 0.3) is 0 Å². The molecule has 0 spiro atoms. The summed E-state index contributed by atoms with van der Waals surface area (Å²) < 4.78 is 0. The van der Waals surface area contributed by atoms with Crippen molar-refractivity contribution in [2.24, 2.45) is 0 Å². The van der Waals surface area contributed by atoms with Crippen LogP contribution in [0.15, 0.2) is 54.1 Å². The Labute approximate surface area is 128 Å². The lowest BCUT2D eigenvalue weighted by molar-refractivity contribution is 1.21. The van der Waals surface area contributed by atoms with Crippen molar-refractivity contribution in [3.8, 4) is 0 Å². The van der Waals surface area contributed by atoms with Crippen LogP contribution >= 0.6 is 0 Å². The largest absolute Gasteiger partial charge is 0.0683 e. The maximum absolute atomic E-state index is 2.40. The van der Waals surface area contributed by atoms with Gasteiger partial charge in [-0.05, 0) is 73.6 Å². The van der Waals surface area contributed by atoms with Crippen LogP contribution in [0.1, 0.15) is 18.1 Å². The van der Waals surface area contributed by atoms with E-state index in [4.69, 9.17) is 0 Å². The first kappa shape index (κ1) is 11.0. The molecule has 5 aromatic carbocycles. The first-order valence-electron chi connectivity index (χ1n) is 7.93. The fraction of sp³-hybridized carbons (Fsp3) is 0.0909. The molecule has 0 atom stereocenters. The molecule has 0 heteroatoms. The number of rotatable bonds is 0. The molecule has 0 aliphatic heterocycles. The van der Waals surface area contributed by atoms with E-state index in [1.54, 1.807) is 5.56 Å². The molecular weight excluding hydrogens is 264 g/mol. The first-order valence-corrected chi connectivity index (χ1v) is 7.93. The molecule has 0 saturated heterocycles. The van der Waals surface area contributed by atoms with Gasteiger partial charge >= 0.3 is 0 Å². The molecule has 6 rings (SSSR count). The van der Waals surface area contributed by atoms with Gasteiger partial charge in [0.15, 0.2) is 0 Å². The summed E-state index contributed by atoms with van der Waals surface area (Å²) in [6.45, 7) is 2.24. The molecule has 0 bridgehead atoms. The summed E-state index contributed by atoms with van der Waals surface area (Å²) in [6.07, 6.45) is 3.50. The van der Waals surface area contributed by atoms with Crippen LogP contribution in [0.5, 0.6) is 0 Å². The monoisotopic (exact) mass is 278 g/mol. The van der Waals surface area contributed by atoms with Gasteiger partial charge in [-0.2, -0.15) is 0 Å². The van der Waals surface area contributed by atoms with Gasteiger partial charge in [-0.1, -0.05) is 54.1 Å². The van der Waals surface area contributed by atoms with Crippen LogP contribution in [0.25, 0.3) is 49.2 Å². The third-order valence-corrected chi connectivity index (χ3v) is 5.41. The van der Waals surface area contributed by atoms with Crippen molar-refractivity contribution in [1.29, 1.82) is 0 Å². The molecule has 1 aliphatic rings. The lowest BCUT2D eigenvalue weighted by Crippen LogP contribution is -1.96. The summed E-state index contributed by atoms with van der Waals surface area (Å²) in [5.74, 6) is 0. The fourth-order valence-electron chi connectivity index (χ4n) is 4.51. The number of hydrogen-bond acceptors (Lipinski definition) is 0. The average Bonchev–Trinajstić information content (AvgIpc) is 2.87. The molecule has 0 saturated carbocycles. The van der Waals surface area contributed by atoms with Crippen molar-refractivity contribution in [3.05, 3.63) is 65.2 Å². The molecule has 0 fully saturated rings. The van der Waals surface area contributed by atoms with E-state index in [9.17, 15) is 0 Å². The third kappa shape index (κ3) is 1.09. The summed E-state index contributed by atoms with van der Waals surface area (Å²) in [5, 5.41) is 11.4. The van der Waals surface area contributed by atoms with Crippen LogP contribution < -0.4 is 0 Å². The fourth-order valence-corrected chi connectivity index (χ4v) is 4.51. The normalized spacial score (nSPS) is 14.7. The van der Waals surface area contributed by atoms with Gasteiger partial charge in [-0.25, -0.2) is 0 Å². The van der Waals surface area contributed by atoms with Crippen molar-refractivity contribution < 1.29 is 0 Å². The van der Waals surface area contributed by atoms with Gasteiger partial charge in [-0.3, -0.25) is 0 Å². The minimum atomic E-state index is 1.13. The zero-order chi connectivity index (χ0) is 14.4. The molecule has 0 radical (unpaired) electrons. The second-order valence-electron chi connectivity index (χ2n) is 6.71. The van der Waals surface area contributed by atoms with E-state index in [-0.39, 0.29) is 0 Å². The van der Waals surface area contributed by atoms with Gasteiger partial charge < -0.3 is 0 Å². The highest BCUT2D eigenvalue weighted by molar-refractivity contribution is 6.32. The number of hydrogen-bond donors (Lipinski definition) is 0. The van der Waals surface area contributed by atoms with Gasteiger partial charge in [0.2, 0.25) is 0 Å². The molecule has 0 heterocycles. The van der Waals surface area contributed by atoms with Gasteiger partial charge in [0.05, 0.1) is 0 Å². The van der Waals surface area contributed by atoms with Crippen molar-refractivity contribution in [3.63, 3.8) is 0 Å². The number of allylic oxidation sites excluding steroid dienone is 1. The minimum absolute atomic E-state index is 1.13. The molecule has 0 unspecified atom stereocenters. The molecule has 0 aromatic heterocycles. The van der Waals surface area contributed by atoms with E-state index in [1.807, 2.05) is 0 Å². The SMILES string of the molecule is CC1=Cc2c(c3c2cc2ccc4cccc5ccc3c2c45)C1. The molecule has 0 nitrogen and oxygen atoms in total. The van der Waals surface area contributed by atoms with Crippen LogP contribution in [-0.4, -0.2) is 0 Å². The highest BCUT2D eigenvalue weighted by atomic mass is 14.3. The predicted molar refractivity (Wildman–Crippen MR) is 96.2 cm³/mol. The summed E-state index contributed by atoms with van der Waals surface area (Å²) >= 11 is 0. The highest BCUT2D eigenvalue weighted by Gasteiger charge is 2.24. The average molecular weight is 278 g/mol.